The molecule has 0 aromatic rings. The van der Waals surface area contributed by atoms with E-state index in [1.165, 1.54) is 7.11 Å². The van der Waals surface area contributed by atoms with E-state index in [4.69, 9.17) is 23.7 Å². The highest BCUT2D eigenvalue weighted by molar-refractivity contribution is 5.81. The van der Waals surface area contributed by atoms with Crippen LogP contribution in [0.1, 0.15) is 40.0 Å². The summed E-state index contributed by atoms with van der Waals surface area (Å²) in [6, 6.07) is 0. The van der Waals surface area contributed by atoms with Crippen LogP contribution in [0.5, 0.6) is 0 Å². The third-order valence-corrected chi connectivity index (χ3v) is 4.24. The summed E-state index contributed by atoms with van der Waals surface area (Å²) in [6.45, 7) is 4.36. The molecule has 0 aromatic carbocycles. The summed E-state index contributed by atoms with van der Waals surface area (Å²) in [6.07, 6.45) is -3.45. The molecule has 1 rings (SSSR count). The van der Waals surface area contributed by atoms with Crippen LogP contribution in [0.15, 0.2) is 12.2 Å². The molecule has 0 bridgehead atoms. The number of aliphatic hydroxyl groups is 1. The molecule has 1 saturated heterocycles. The van der Waals surface area contributed by atoms with Crippen molar-refractivity contribution in [2.45, 2.75) is 70.7 Å². The molecule has 31 heavy (non-hydrogen) atoms. The molecular formula is C20H30O11. The van der Waals surface area contributed by atoms with Crippen LogP contribution in [0.25, 0.3) is 0 Å². The Balaban J connectivity index is 3.01. The van der Waals surface area contributed by atoms with E-state index in [0.717, 1.165) is 12.2 Å². The minimum Gasteiger partial charge on any atom is -0.466 e. The first-order valence-electron chi connectivity index (χ1n) is 10.0. The van der Waals surface area contributed by atoms with Gasteiger partial charge in [-0.05, 0) is 6.08 Å². The SMILES string of the molecule is CCC(=O)O[C@@H]1[C@H](OC(=O)CC)[C@H](OC(=O)CC)CO[C@H]1COC(O)/C=C/C(=O)OC. The third-order valence-electron chi connectivity index (χ3n) is 4.24. The van der Waals surface area contributed by atoms with Crippen molar-refractivity contribution >= 4 is 23.9 Å². The highest BCUT2D eigenvalue weighted by atomic mass is 16.7. The van der Waals surface area contributed by atoms with E-state index in [1.807, 2.05) is 0 Å². The number of hydrogen-bond acceptors (Lipinski definition) is 11. The van der Waals surface area contributed by atoms with Gasteiger partial charge in [-0.2, -0.15) is 0 Å². The molecule has 0 radical (unpaired) electrons. The van der Waals surface area contributed by atoms with Crippen molar-refractivity contribution in [3.8, 4) is 0 Å². The van der Waals surface area contributed by atoms with Crippen molar-refractivity contribution in [1.29, 1.82) is 0 Å². The second-order valence-electron chi connectivity index (χ2n) is 6.48. The van der Waals surface area contributed by atoms with Crippen LogP contribution >= 0.6 is 0 Å². The van der Waals surface area contributed by atoms with Gasteiger partial charge in [0.05, 0.1) is 20.3 Å². The zero-order chi connectivity index (χ0) is 23.4. The topological polar surface area (TPSA) is 144 Å². The third kappa shape index (κ3) is 9.03. The maximum absolute atomic E-state index is 12.0. The molecule has 0 aliphatic carbocycles. The molecule has 1 N–H and O–H groups in total. The number of ether oxygens (including phenoxy) is 6. The molecule has 1 aliphatic heterocycles. The van der Waals surface area contributed by atoms with Gasteiger partial charge in [0.25, 0.3) is 0 Å². The number of carbonyl (C=O) groups is 4. The number of carbonyl (C=O) groups excluding carboxylic acids is 4. The predicted molar refractivity (Wildman–Crippen MR) is 103 cm³/mol. The fraction of sp³-hybridized carbons (Fsp3) is 0.700. The van der Waals surface area contributed by atoms with Crippen molar-refractivity contribution in [3.63, 3.8) is 0 Å². The molecule has 0 spiro atoms. The predicted octanol–water partition coefficient (Wildman–Crippen LogP) is 0.415. The number of methoxy groups -OCH3 is 1. The molecule has 176 valence electrons. The molecule has 11 heteroatoms. The molecule has 0 amide bonds. The van der Waals surface area contributed by atoms with Gasteiger partial charge in [-0.15, -0.1) is 0 Å². The Labute approximate surface area is 180 Å². The smallest absolute Gasteiger partial charge is 0.330 e. The van der Waals surface area contributed by atoms with Gasteiger partial charge in [0, 0.05) is 25.3 Å². The zero-order valence-corrected chi connectivity index (χ0v) is 18.1. The van der Waals surface area contributed by atoms with E-state index in [9.17, 15) is 24.3 Å². The van der Waals surface area contributed by atoms with Crippen LogP contribution in [0.4, 0.5) is 0 Å². The van der Waals surface area contributed by atoms with Gasteiger partial charge in [0.1, 0.15) is 6.10 Å². The summed E-state index contributed by atoms with van der Waals surface area (Å²) < 4.78 is 31.4. The van der Waals surface area contributed by atoms with Gasteiger partial charge in [0.2, 0.25) is 0 Å². The summed E-state index contributed by atoms with van der Waals surface area (Å²) in [7, 11) is 1.18. The number of hydrogen-bond donors (Lipinski definition) is 1. The molecule has 0 aromatic heterocycles. The maximum Gasteiger partial charge on any atom is 0.330 e. The van der Waals surface area contributed by atoms with E-state index >= 15 is 0 Å². The lowest BCUT2D eigenvalue weighted by molar-refractivity contribution is -0.238. The normalized spacial score (nSPS) is 24.3. The first-order chi connectivity index (χ1) is 14.7. The molecule has 1 fully saturated rings. The van der Waals surface area contributed by atoms with Gasteiger partial charge in [-0.25, -0.2) is 4.79 Å². The van der Waals surface area contributed by atoms with Gasteiger partial charge in [-0.1, -0.05) is 20.8 Å². The van der Waals surface area contributed by atoms with Crippen LogP contribution < -0.4 is 0 Å². The molecule has 1 aliphatic rings. The van der Waals surface area contributed by atoms with Crippen LogP contribution in [-0.4, -0.2) is 80.0 Å². The lowest BCUT2D eigenvalue weighted by Crippen LogP contribution is -2.59. The molecule has 1 unspecified atom stereocenters. The van der Waals surface area contributed by atoms with E-state index in [0.29, 0.717) is 0 Å². The number of rotatable bonds is 11. The monoisotopic (exact) mass is 446 g/mol. The Morgan fingerprint density at radius 1 is 0.968 bits per heavy atom. The molecule has 5 atom stereocenters. The summed E-state index contributed by atoms with van der Waals surface area (Å²) in [4.78, 5) is 46.8. The summed E-state index contributed by atoms with van der Waals surface area (Å²) in [5, 5.41) is 9.86. The fourth-order valence-electron chi connectivity index (χ4n) is 2.56. The van der Waals surface area contributed by atoms with Crippen LogP contribution in [0, 0.1) is 0 Å². The second-order valence-corrected chi connectivity index (χ2v) is 6.48. The molecule has 11 nitrogen and oxygen atoms in total. The second kappa shape index (κ2) is 13.7. The lowest BCUT2D eigenvalue weighted by Gasteiger charge is -2.40. The average Bonchev–Trinajstić information content (AvgIpc) is 2.77. The fourth-order valence-corrected chi connectivity index (χ4v) is 2.56. The Bertz CT molecular complexity index is 645. The van der Waals surface area contributed by atoms with Crippen LogP contribution in [0.2, 0.25) is 0 Å². The summed E-state index contributed by atoms with van der Waals surface area (Å²) in [5.41, 5.74) is 0. The van der Waals surface area contributed by atoms with E-state index in [-0.39, 0.29) is 32.5 Å². The minimum atomic E-state index is -1.47. The van der Waals surface area contributed by atoms with Crippen molar-refractivity contribution in [2.75, 3.05) is 20.3 Å². The Morgan fingerprint density at radius 3 is 2.06 bits per heavy atom. The summed E-state index contributed by atoms with van der Waals surface area (Å²) in [5.74, 6) is -2.39. The molecule has 0 saturated carbocycles. The lowest BCUT2D eigenvalue weighted by atomic mass is 9.99. The summed E-state index contributed by atoms with van der Waals surface area (Å²) >= 11 is 0. The Kier molecular flexibility index (Phi) is 11.8. The van der Waals surface area contributed by atoms with Crippen molar-refractivity contribution in [1.82, 2.24) is 0 Å². The minimum absolute atomic E-state index is 0.0441. The van der Waals surface area contributed by atoms with Gasteiger partial charge >= 0.3 is 23.9 Å². The number of esters is 4. The van der Waals surface area contributed by atoms with E-state index < -0.39 is 54.6 Å². The van der Waals surface area contributed by atoms with Crippen molar-refractivity contribution in [3.05, 3.63) is 12.2 Å². The van der Waals surface area contributed by atoms with Crippen LogP contribution in [0.3, 0.4) is 0 Å². The van der Waals surface area contributed by atoms with Crippen molar-refractivity contribution < 1.29 is 52.7 Å². The van der Waals surface area contributed by atoms with Gasteiger partial charge in [0.15, 0.2) is 24.6 Å². The number of aliphatic hydroxyl groups excluding tert-OH is 1. The largest absolute Gasteiger partial charge is 0.466 e. The average molecular weight is 446 g/mol. The first-order valence-corrected chi connectivity index (χ1v) is 10.0. The maximum atomic E-state index is 12.0. The van der Waals surface area contributed by atoms with Gasteiger partial charge < -0.3 is 33.5 Å². The first kappa shape index (κ1) is 26.5. The van der Waals surface area contributed by atoms with E-state index in [1.54, 1.807) is 20.8 Å². The molecule has 1 heterocycles. The highest BCUT2D eigenvalue weighted by Crippen LogP contribution is 2.26. The van der Waals surface area contributed by atoms with Gasteiger partial charge in [-0.3, -0.25) is 14.4 Å². The Hall–Kier alpha value is -2.50. The zero-order valence-electron chi connectivity index (χ0n) is 18.1. The standard InChI is InChI=1S/C20H30O11/c1-5-14(21)29-13-11-27-12(10-28-18(25)9-8-17(24)26-4)19(30-15(22)6-2)20(13)31-16(23)7-3/h8-9,12-13,18-20,25H,5-7,10-11H2,1-4H3/b9-8+/t12-,13+,18?,19-,20+/m0/s1. The Morgan fingerprint density at radius 2 is 1.52 bits per heavy atom. The van der Waals surface area contributed by atoms with E-state index in [2.05, 4.69) is 4.74 Å². The quantitative estimate of drug-likeness (QED) is 0.204. The van der Waals surface area contributed by atoms with Crippen molar-refractivity contribution in [2.24, 2.45) is 0 Å². The highest BCUT2D eigenvalue weighted by Gasteiger charge is 2.47. The molecular weight excluding hydrogens is 416 g/mol. The van der Waals surface area contributed by atoms with Crippen LogP contribution in [-0.2, 0) is 47.6 Å².